The number of carbonyl (C=O) groups is 1. The average Bonchev–Trinajstić information content (AvgIpc) is 2.83. The fourth-order valence-electron chi connectivity index (χ4n) is 2.96. The summed E-state index contributed by atoms with van der Waals surface area (Å²) in [5.74, 6) is 0.857. The molecular weight excluding hydrogens is 266 g/mol. The van der Waals surface area contributed by atoms with Crippen LogP contribution in [0.25, 0.3) is 0 Å². The van der Waals surface area contributed by atoms with Crippen LogP contribution >= 0.6 is 0 Å². The van der Waals surface area contributed by atoms with Crippen LogP contribution in [0.4, 0.5) is 0 Å². The molecule has 0 radical (unpaired) electrons. The van der Waals surface area contributed by atoms with E-state index in [-0.39, 0.29) is 12.0 Å². The van der Waals surface area contributed by atoms with Crippen molar-refractivity contribution in [3.63, 3.8) is 0 Å². The van der Waals surface area contributed by atoms with Crippen molar-refractivity contribution in [3.8, 4) is 5.75 Å². The molecule has 2 rings (SSSR count). The molecule has 2 N–H and O–H groups in total. The minimum atomic E-state index is -0.102. The zero-order valence-corrected chi connectivity index (χ0v) is 13.0. The number of fused-ring (bicyclic) bond motifs is 1. The summed E-state index contributed by atoms with van der Waals surface area (Å²) in [6, 6.07) is 4.57. The molecule has 1 aromatic carbocycles. The molecular formula is C17H25NO3. The first-order valence-corrected chi connectivity index (χ1v) is 7.74. The number of nitrogens with two attached hydrogens (primary N) is 1. The number of rotatable bonds is 7. The van der Waals surface area contributed by atoms with E-state index in [1.165, 1.54) is 16.7 Å². The maximum absolute atomic E-state index is 11.3. The van der Waals surface area contributed by atoms with Crippen LogP contribution in [0.15, 0.2) is 12.1 Å². The summed E-state index contributed by atoms with van der Waals surface area (Å²) in [6.07, 6.45) is 5.13. The van der Waals surface area contributed by atoms with E-state index < -0.39 is 0 Å². The topological polar surface area (TPSA) is 61.5 Å². The summed E-state index contributed by atoms with van der Waals surface area (Å²) < 4.78 is 10.4. The summed E-state index contributed by atoms with van der Waals surface area (Å²) in [5.41, 5.74) is 9.89. The zero-order valence-electron chi connectivity index (χ0n) is 13.0. The van der Waals surface area contributed by atoms with E-state index in [1.54, 1.807) is 7.11 Å². The molecule has 0 saturated heterocycles. The summed E-state index contributed by atoms with van der Waals surface area (Å²) in [7, 11) is 1.71. The molecule has 0 saturated carbocycles. The summed E-state index contributed by atoms with van der Waals surface area (Å²) in [5, 5.41) is 0. The van der Waals surface area contributed by atoms with Gasteiger partial charge in [0, 0.05) is 12.5 Å². The van der Waals surface area contributed by atoms with Crippen molar-refractivity contribution < 1.29 is 14.3 Å². The Morgan fingerprint density at radius 1 is 1.33 bits per heavy atom. The van der Waals surface area contributed by atoms with Gasteiger partial charge in [0.2, 0.25) is 0 Å². The number of unbranched alkanes of at least 4 members (excludes halogenated alkanes) is 1. The molecule has 1 atom stereocenters. The lowest BCUT2D eigenvalue weighted by molar-refractivity contribution is -0.143. The Hall–Kier alpha value is -1.55. The molecule has 1 aliphatic rings. The van der Waals surface area contributed by atoms with E-state index in [4.69, 9.17) is 15.2 Å². The first kappa shape index (κ1) is 15.8. The predicted octanol–water partition coefficient (Wildman–Crippen LogP) is 2.40. The molecule has 1 aliphatic carbocycles. The van der Waals surface area contributed by atoms with E-state index in [2.05, 4.69) is 12.1 Å². The van der Waals surface area contributed by atoms with Crippen molar-refractivity contribution >= 4 is 5.97 Å². The normalized spacial score (nSPS) is 16.6. The number of hydrogen-bond donors (Lipinski definition) is 1. The summed E-state index contributed by atoms with van der Waals surface area (Å²) >= 11 is 0. The lowest BCUT2D eigenvalue weighted by Gasteiger charge is -2.10. The largest absolute Gasteiger partial charge is 0.496 e. The number of esters is 1. The maximum atomic E-state index is 11.3. The molecule has 0 spiro atoms. The molecule has 0 heterocycles. The molecule has 0 fully saturated rings. The molecule has 4 nitrogen and oxygen atoms in total. The SMILES string of the molecule is CCOC(=O)CCCCc1cc2c(c(OC)c1)CC(N)C2. The van der Waals surface area contributed by atoms with Crippen molar-refractivity contribution in [2.45, 2.75) is 51.5 Å². The highest BCUT2D eigenvalue weighted by Gasteiger charge is 2.22. The van der Waals surface area contributed by atoms with Crippen LogP contribution in [0.2, 0.25) is 0 Å². The second-order valence-corrected chi connectivity index (χ2v) is 5.62. The second kappa shape index (κ2) is 7.46. The highest BCUT2D eigenvalue weighted by Crippen LogP contribution is 2.32. The van der Waals surface area contributed by atoms with Gasteiger partial charge in [0.1, 0.15) is 5.75 Å². The van der Waals surface area contributed by atoms with Gasteiger partial charge in [-0.25, -0.2) is 0 Å². The Kier molecular flexibility index (Phi) is 5.62. The van der Waals surface area contributed by atoms with Gasteiger partial charge in [-0.3, -0.25) is 4.79 Å². The highest BCUT2D eigenvalue weighted by atomic mass is 16.5. The van der Waals surface area contributed by atoms with Gasteiger partial charge in [-0.05, 0) is 61.8 Å². The standard InChI is InChI=1S/C17H25NO3/c1-3-21-17(19)7-5-4-6-12-8-13-10-14(18)11-15(13)16(9-12)20-2/h8-9,14H,3-7,10-11,18H2,1-2H3. The molecule has 116 valence electrons. The Balaban J connectivity index is 1.90. The molecule has 21 heavy (non-hydrogen) atoms. The first-order chi connectivity index (χ1) is 10.1. The van der Waals surface area contributed by atoms with Crippen LogP contribution in [0, 0.1) is 0 Å². The van der Waals surface area contributed by atoms with Crippen molar-refractivity contribution in [2.75, 3.05) is 13.7 Å². The highest BCUT2D eigenvalue weighted by molar-refractivity contribution is 5.69. The molecule has 0 bridgehead atoms. The first-order valence-electron chi connectivity index (χ1n) is 7.74. The smallest absolute Gasteiger partial charge is 0.305 e. The summed E-state index contributed by atoms with van der Waals surface area (Å²) in [6.45, 7) is 2.29. The quantitative estimate of drug-likeness (QED) is 0.619. The fraction of sp³-hybridized carbons (Fsp3) is 0.588. The van der Waals surface area contributed by atoms with Crippen molar-refractivity contribution in [1.82, 2.24) is 0 Å². The van der Waals surface area contributed by atoms with Crippen LogP contribution in [0.1, 0.15) is 42.9 Å². The minimum Gasteiger partial charge on any atom is -0.496 e. The maximum Gasteiger partial charge on any atom is 0.305 e. The van der Waals surface area contributed by atoms with Crippen LogP contribution in [-0.4, -0.2) is 25.7 Å². The third kappa shape index (κ3) is 4.21. The van der Waals surface area contributed by atoms with Crippen LogP contribution < -0.4 is 10.5 Å². The number of benzene rings is 1. The van der Waals surface area contributed by atoms with E-state index in [0.29, 0.717) is 13.0 Å². The Morgan fingerprint density at radius 3 is 2.86 bits per heavy atom. The van der Waals surface area contributed by atoms with E-state index >= 15 is 0 Å². The number of ether oxygens (including phenoxy) is 2. The van der Waals surface area contributed by atoms with Crippen LogP contribution in [-0.2, 0) is 28.8 Å². The van der Waals surface area contributed by atoms with Gasteiger partial charge in [-0.1, -0.05) is 6.07 Å². The monoisotopic (exact) mass is 291 g/mol. The lowest BCUT2D eigenvalue weighted by Crippen LogP contribution is -2.19. The number of hydrogen-bond acceptors (Lipinski definition) is 4. The molecule has 4 heteroatoms. The van der Waals surface area contributed by atoms with Gasteiger partial charge in [0.25, 0.3) is 0 Å². The molecule has 1 unspecified atom stereocenters. The average molecular weight is 291 g/mol. The van der Waals surface area contributed by atoms with Crippen LogP contribution in [0.3, 0.4) is 0 Å². The minimum absolute atomic E-state index is 0.102. The Labute approximate surface area is 126 Å². The fourth-order valence-corrected chi connectivity index (χ4v) is 2.96. The van der Waals surface area contributed by atoms with Gasteiger partial charge >= 0.3 is 5.97 Å². The number of methoxy groups -OCH3 is 1. The lowest BCUT2D eigenvalue weighted by atomic mass is 10.0. The van der Waals surface area contributed by atoms with E-state index in [0.717, 1.165) is 37.9 Å². The second-order valence-electron chi connectivity index (χ2n) is 5.62. The zero-order chi connectivity index (χ0) is 15.2. The Morgan fingerprint density at radius 2 is 2.14 bits per heavy atom. The molecule has 0 aromatic heterocycles. The van der Waals surface area contributed by atoms with Crippen LogP contribution in [0.5, 0.6) is 5.75 Å². The van der Waals surface area contributed by atoms with Gasteiger partial charge < -0.3 is 15.2 Å². The van der Waals surface area contributed by atoms with Crippen molar-refractivity contribution in [1.29, 1.82) is 0 Å². The third-order valence-corrected chi connectivity index (χ3v) is 3.93. The van der Waals surface area contributed by atoms with Crippen molar-refractivity contribution in [3.05, 3.63) is 28.8 Å². The number of aryl methyl sites for hydroxylation is 1. The molecule has 0 amide bonds. The third-order valence-electron chi connectivity index (χ3n) is 3.93. The van der Waals surface area contributed by atoms with E-state index in [1.807, 2.05) is 6.92 Å². The Bertz CT molecular complexity index is 499. The van der Waals surface area contributed by atoms with Gasteiger partial charge in [0.15, 0.2) is 0 Å². The van der Waals surface area contributed by atoms with E-state index in [9.17, 15) is 4.79 Å². The predicted molar refractivity (Wildman–Crippen MR) is 82.6 cm³/mol. The number of carbonyl (C=O) groups excluding carboxylic acids is 1. The van der Waals surface area contributed by atoms with Gasteiger partial charge in [0.05, 0.1) is 13.7 Å². The molecule has 1 aromatic rings. The van der Waals surface area contributed by atoms with Gasteiger partial charge in [-0.2, -0.15) is 0 Å². The van der Waals surface area contributed by atoms with Crippen molar-refractivity contribution in [2.24, 2.45) is 5.73 Å². The van der Waals surface area contributed by atoms with Gasteiger partial charge in [-0.15, -0.1) is 0 Å². The summed E-state index contributed by atoms with van der Waals surface area (Å²) in [4.78, 5) is 11.3. The molecule has 0 aliphatic heterocycles.